The van der Waals surface area contributed by atoms with Crippen molar-refractivity contribution in [2.75, 3.05) is 0 Å². The van der Waals surface area contributed by atoms with Crippen LogP contribution in [0.3, 0.4) is 0 Å². The van der Waals surface area contributed by atoms with Crippen LogP contribution in [0.4, 0.5) is 5.69 Å². The molecule has 0 unspecified atom stereocenters. The number of carbonyl (C=O) groups excluding carboxylic acids is 1. The summed E-state index contributed by atoms with van der Waals surface area (Å²) >= 11 is 0. The largest absolute Gasteiger partial charge is 0.289 e. The third-order valence-electron chi connectivity index (χ3n) is 3.61. The highest BCUT2D eigenvalue weighted by Gasteiger charge is 2.11. The van der Waals surface area contributed by atoms with Crippen molar-refractivity contribution in [1.29, 1.82) is 0 Å². The first-order valence-electron chi connectivity index (χ1n) is 7.60. The molecule has 0 radical (unpaired) electrons. The monoisotopic (exact) mass is 327 g/mol. The van der Waals surface area contributed by atoms with Gasteiger partial charge in [0.05, 0.1) is 4.92 Å². The highest BCUT2D eigenvalue weighted by Crippen LogP contribution is 2.15. The molecule has 0 saturated carbocycles. The molecule has 3 aromatic rings. The Morgan fingerprint density at radius 3 is 1.72 bits per heavy atom. The van der Waals surface area contributed by atoms with E-state index in [9.17, 15) is 14.9 Å². The predicted octanol–water partition coefficient (Wildman–Crippen LogP) is 4.23. The van der Waals surface area contributed by atoms with E-state index in [1.165, 1.54) is 24.3 Å². The Hall–Kier alpha value is -3.71. The van der Waals surface area contributed by atoms with Crippen molar-refractivity contribution in [1.82, 2.24) is 0 Å². The van der Waals surface area contributed by atoms with Crippen molar-refractivity contribution in [2.45, 2.75) is 0 Å². The van der Waals surface area contributed by atoms with Gasteiger partial charge in [0, 0.05) is 34.4 Å². The molecule has 0 fully saturated rings. The molecule has 0 bridgehead atoms. The normalized spacial score (nSPS) is 9.76. The zero-order valence-corrected chi connectivity index (χ0v) is 13.2. The minimum absolute atomic E-state index is 0.0388. The van der Waals surface area contributed by atoms with Crippen LogP contribution in [0.2, 0.25) is 0 Å². The van der Waals surface area contributed by atoms with Crippen LogP contribution in [0.15, 0.2) is 78.9 Å². The standard InChI is InChI=1S/C21H13NO3/c23-21(19-12-14-20(15-13-19)22(24)25)18-10-8-17(9-11-18)7-6-16-4-2-1-3-5-16/h1-5,8-15H. The Bertz CT molecular complexity index is 964. The Labute approximate surface area is 144 Å². The topological polar surface area (TPSA) is 60.2 Å². The van der Waals surface area contributed by atoms with Crippen LogP contribution in [-0.4, -0.2) is 10.7 Å². The van der Waals surface area contributed by atoms with Crippen LogP contribution in [-0.2, 0) is 0 Å². The third kappa shape index (κ3) is 3.98. The first-order valence-corrected chi connectivity index (χ1v) is 7.60. The number of nitro benzene ring substituents is 1. The lowest BCUT2D eigenvalue weighted by Crippen LogP contribution is -2.01. The van der Waals surface area contributed by atoms with E-state index in [1.807, 2.05) is 30.3 Å². The van der Waals surface area contributed by atoms with Gasteiger partial charge in [0.15, 0.2) is 5.78 Å². The van der Waals surface area contributed by atoms with Crippen molar-refractivity contribution in [3.05, 3.63) is 111 Å². The second-order valence-electron chi connectivity index (χ2n) is 5.33. The van der Waals surface area contributed by atoms with Crippen molar-refractivity contribution in [3.63, 3.8) is 0 Å². The molecule has 0 aliphatic rings. The molecule has 0 N–H and O–H groups in total. The van der Waals surface area contributed by atoms with Gasteiger partial charge in [0.2, 0.25) is 0 Å². The molecule has 0 saturated heterocycles. The number of nitro groups is 1. The minimum atomic E-state index is -0.492. The van der Waals surface area contributed by atoms with E-state index in [1.54, 1.807) is 24.3 Å². The first kappa shape index (κ1) is 16.2. The van der Waals surface area contributed by atoms with Gasteiger partial charge in [-0.15, -0.1) is 0 Å². The van der Waals surface area contributed by atoms with Crippen molar-refractivity contribution < 1.29 is 9.72 Å². The van der Waals surface area contributed by atoms with Crippen LogP contribution < -0.4 is 0 Å². The van der Waals surface area contributed by atoms with Gasteiger partial charge in [-0.1, -0.05) is 30.0 Å². The summed E-state index contributed by atoms with van der Waals surface area (Å²) < 4.78 is 0. The quantitative estimate of drug-likeness (QED) is 0.313. The van der Waals surface area contributed by atoms with Gasteiger partial charge in [0.1, 0.15) is 0 Å². The first-order chi connectivity index (χ1) is 12.1. The molecule has 0 aliphatic carbocycles. The van der Waals surface area contributed by atoms with Gasteiger partial charge >= 0.3 is 0 Å². The maximum absolute atomic E-state index is 12.4. The van der Waals surface area contributed by atoms with E-state index < -0.39 is 4.92 Å². The van der Waals surface area contributed by atoms with Crippen LogP contribution in [0.5, 0.6) is 0 Å². The molecule has 0 amide bonds. The Balaban J connectivity index is 1.77. The molecule has 0 spiro atoms. The Morgan fingerprint density at radius 1 is 0.720 bits per heavy atom. The SMILES string of the molecule is O=C(c1ccc(C#Cc2ccccc2)cc1)c1ccc([N+](=O)[O-])cc1. The number of carbonyl (C=O) groups is 1. The Kier molecular flexibility index (Phi) is 4.68. The predicted molar refractivity (Wildman–Crippen MR) is 95.4 cm³/mol. The summed E-state index contributed by atoms with van der Waals surface area (Å²) in [5.41, 5.74) is 2.62. The number of benzene rings is 3. The maximum Gasteiger partial charge on any atom is 0.269 e. The van der Waals surface area contributed by atoms with Crippen LogP contribution in [0.1, 0.15) is 27.0 Å². The molecular formula is C21H13NO3. The molecule has 25 heavy (non-hydrogen) atoms. The highest BCUT2D eigenvalue weighted by atomic mass is 16.6. The Morgan fingerprint density at radius 2 is 1.20 bits per heavy atom. The lowest BCUT2D eigenvalue weighted by Gasteiger charge is -2.01. The smallest absolute Gasteiger partial charge is 0.269 e. The molecule has 3 rings (SSSR count). The fraction of sp³-hybridized carbons (Fsp3) is 0. The molecule has 4 nitrogen and oxygen atoms in total. The number of rotatable bonds is 3. The van der Waals surface area contributed by atoms with Crippen molar-refractivity contribution in [3.8, 4) is 11.8 Å². The average molecular weight is 327 g/mol. The molecule has 3 aromatic carbocycles. The molecule has 0 heterocycles. The number of hydrogen-bond donors (Lipinski definition) is 0. The third-order valence-corrected chi connectivity index (χ3v) is 3.61. The van der Waals surface area contributed by atoms with E-state index in [0.29, 0.717) is 11.1 Å². The van der Waals surface area contributed by atoms with Crippen LogP contribution in [0, 0.1) is 22.0 Å². The van der Waals surface area contributed by atoms with Gasteiger partial charge in [0.25, 0.3) is 5.69 Å². The zero-order chi connectivity index (χ0) is 17.6. The van der Waals surface area contributed by atoms with E-state index in [-0.39, 0.29) is 11.5 Å². The fourth-order valence-corrected chi connectivity index (χ4v) is 2.27. The van der Waals surface area contributed by atoms with Gasteiger partial charge in [-0.3, -0.25) is 14.9 Å². The fourth-order valence-electron chi connectivity index (χ4n) is 2.27. The van der Waals surface area contributed by atoms with E-state index in [0.717, 1.165) is 11.1 Å². The summed E-state index contributed by atoms with van der Waals surface area (Å²) in [6.45, 7) is 0. The highest BCUT2D eigenvalue weighted by molar-refractivity contribution is 6.09. The number of nitrogens with zero attached hydrogens (tertiary/aromatic N) is 1. The van der Waals surface area contributed by atoms with Gasteiger partial charge in [-0.25, -0.2) is 0 Å². The summed E-state index contributed by atoms with van der Waals surface area (Å²) in [6, 6.07) is 22.2. The second-order valence-corrected chi connectivity index (χ2v) is 5.33. The summed E-state index contributed by atoms with van der Waals surface area (Å²) in [7, 11) is 0. The van der Waals surface area contributed by atoms with Gasteiger partial charge < -0.3 is 0 Å². The number of hydrogen-bond acceptors (Lipinski definition) is 3. The summed E-state index contributed by atoms with van der Waals surface area (Å²) in [6.07, 6.45) is 0. The molecule has 0 aromatic heterocycles. The van der Waals surface area contributed by atoms with Crippen LogP contribution >= 0.6 is 0 Å². The van der Waals surface area contributed by atoms with Crippen molar-refractivity contribution in [2.24, 2.45) is 0 Å². The molecule has 0 aliphatic heterocycles. The van der Waals surface area contributed by atoms with E-state index in [4.69, 9.17) is 0 Å². The summed E-state index contributed by atoms with van der Waals surface area (Å²) in [5, 5.41) is 10.7. The average Bonchev–Trinajstić information content (AvgIpc) is 2.67. The number of ketones is 1. The second kappa shape index (κ2) is 7.24. The molecule has 120 valence electrons. The summed E-state index contributed by atoms with van der Waals surface area (Å²) in [5.74, 6) is 5.93. The lowest BCUT2D eigenvalue weighted by molar-refractivity contribution is -0.384. The summed E-state index contributed by atoms with van der Waals surface area (Å²) in [4.78, 5) is 22.6. The maximum atomic E-state index is 12.4. The lowest BCUT2D eigenvalue weighted by atomic mass is 10.0. The van der Waals surface area contributed by atoms with Gasteiger partial charge in [-0.2, -0.15) is 0 Å². The van der Waals surface area contributed by atoms with E-state index >= 15 is 0 Å². The number of non-ortho nitro benzene ring substituents is 1. The molecule has 0 atom stereocenters. The zero-order valence-electron chi connectivity index (χ0n) is 13.2. The van der Waals surface area contributed by atoms with E-state index in [2.05, 4.69) is 11.8 Å². The van der Waals surface area contributed by atoms with Crippen LogP contribution in [0.25, 0.3) is 0 Å². The molecule has 4 heteroatoms. The molecular weight excluding hydrogens is 314 g/mol. The minimum Gasteiger partial charge on any atom is -0.289 e. The van der Waals surface area contributed by atoms with Crippen molar-refractivity contribution >= 4 is 11.5 Å². The van der Waals surface area contributed by atoms with Gasteiger partial charge in [-0.05, 0) is 48.5 Å².